The number of hydrogen-bond acceptors (Lipinski definition) is 4. The number of halogens is 1. The number of allylic oxidation sites excluding steroid dienone is 1. The lowest BCUT2D eigenvalue weighted by atomic mass is 10.2. The van der Waals surface area contributed by atoms with Crippen molar-refractivity contribution in [2.45, 2.75) is 6.04 Å². The number of likely N-dealkylation sites (N-methyl/N-ethyl adjacent to an activating group) is 1. The number of amides is 1. The van der Waals surface area contributed by atoms with E-state index in [9.17, 15) is 4.79 Å². The molecule has 0 radical (unpaired) electrons. The SMILES string of the molecule is CNC(=O)C1C=C(Oc2ccc(N)c(Cl)c2)C=CN1. The topological polar surface area (TPSA) is 76.4 Å². The summed E-state index contributed by atoms with van der Waals surface area (Å²) < 4.78 is 5.63. The second-order valence-corrected chi connectivity index (χ2v) is 4.35. The summed E-state index contributed by atoms with van der Waals surface area (Å²) in [6.07, 6.45) is 5.07. The molecule has 19 heavy (non-hydrogen) atoms. The first kappa shape index (κ1) is 13.3. The number of nitrogens with one attached hydrogen (secondary N) is 2. The molecule has 0 aliphatic carbocycles. The van der Waals surface area contributed by atoms with Gasteiger partial charge in [-0.1, -0.05) is 11.6 Å². The molecule has 0 saturated heterocycles. The molecule has 2 rings (SSSR count). The Balaban J connectivity index is 2.13. The van der Waals surface area contributed by atoms with Crippen LogP contribution in [0.5, 0.6) is 5.75 Å². The molecule has 0 aromatic heterocycles. The van der Waals surface area contributed by atoms with Crippen LogP contribution in [0.3, 0.4) is 0 Å². The first-order valence-electron chi connectivity index (χ1n) is 5.69. The molecule has 1 aromatic carbocycles. The van der Waals surface area contributed by atoms with Crippen LogP contribution in [0.2, 0.25) is 5.02 Å². The lowest BCUT2D eigenvalue weighted by Crippen LogP contribution is -2.40. The van der Waals surface area contributed by atoms with Gasteiger partial charge in [-0.2, -0.15) is 0 Å². The Morgan fingerprint density at radius 1 is 1.53 bits per heavy atom. The molecule has 100 valence electrons. The van der Waals surface area contributed by atoms with E-state index in [-0.39, 0.29) is 5.91 Å². The van der Waals surface area contributed by atoms with Crippen molar-refractivity contribution < 1.29 is 9.53 Å². The highest BCUT2D eigenvalue weighted by Crippen LogP contribution is 2.25. The molecule has 0 fully saturated rings. The minimum absolute atomic E-state index is 0.138. The third-order valence-electron chi connectivity index (χ3n) is 2.59. The molecule has 1 aromatic rings. The van der Waals surface area contributed by atoms with Crippen LogP contribution in [0.4, 0.5) is 5.69 Å². The number of carbonyl (C=O) groups excluding carboxylic acids is 1. The van der Waals surface area contributed by atoms with E-state index in [2.05, 4.69) is 10.6 Å². The van der Waals surface area contributed by atoms with Crippen LogP contribution in [-0.4, -0.2) is 19.0 Å². The van der Waals surface area contributed by atoms with Crippen molar-refractivity contribution in [2.75, 3.05) is 12.8 Å². The zero-order valence-corrected chi connectivity index (χ0v) is 11.1. The molecular formula is C13H14ClN3O2. The predicted molar refractivity (Wildman–Crippen MR) is 74.7 cm³/mol. The zero-order valence-electron chi connectivity index (χ0n) is 10.3. The Kier molecular flexibility index (Phi) is 3.97. The van der Waals surface area contributed by atoms with Gasteiger partial charge in [0.15, 0.2) is 0 Å². The van der Waals surface area contributed by atoms with Gasteiger partial charge in [0.2, 0.25) is 5.91 Å². The van der Waals surface area contributed by atoms with Crippen LogP contribution in [0.1, 0.15) is 0 Å². The molecule has 1 unspecified atom stereocenters. The molecule has 4 N–H and O–H groups in total. The van der Waals surface area contributed by atoms with Crippen molar-refractivity contribution in [1.82, 2.24) is 10.6 Å². The van der Waals surface area contributed by atoms with E-state index in [4.69, 9.17) is 22.1 Å². The van der Waals surface area contributed by atoms with Gasteiger partial charge in [-0.15, -0.1) is 0 Å². The quantitative estimate of drug-likeness (QED) is 0.732. The average molecular weight is 280 g/mol. The van der Waals surface area contributed by atoms with Crippen molar-refractivity contribution in [3.8, 4) is 5.75 Å². The minimum Gasteiger partial charge on any atom is -0.458 e. The van der Waals surface area contributed by atoms with E-state index in [0.29, 0.717) is 22.2 Å². The number of rotatable bonds is 3. The summed E-state index contributed by atoms with van der Waals surface area (Å²) in [6, 6.07) is 4.56. The summed E-state index contributed by atoms with van der Waals surface area (Å²) in [5.74, 6) is 0.988. The van der Waals surface area contributed by atoms with Crippen molar-refractivity contribution >= 4 is 23.2 Å². The lowest BCUT2D eigenvalue weighted by Gasteiger charge is -2.18. The van der Waals surface area contributed by atoms with Crippen LogP contribution in [0.25, 0.3) is 0 Å². The molecule has 1 aliphatic heterocycles. The standard InChI is InChI=1S/C13H14ClN3O2/c1-16-13(18)12-7-9(4-5-17-12)19-8-2-3-11(15)10(14)6-8/h2-7,12,17H,15H2,1H3,(H,16,18). The van der Waals surface area contributed by atoms with Gasteiger partial charge in [-0.25, -0.2) is 0 Å². The zero-order chi connectivity index (χ0) is 13.8. The van der Waals surface area contributed by atoms with E-state index >= 15 is 0 Å². The van der Waals surface area contributed by atoms with Gasteiger partial charge in [-0.05, 0) is 24.3 Å². The van der Waals surface area contributed by atoms with E-state index in [0.717, 1.165) is 0 Å². The Morgan fingerprint density at radius 2 is 2.32 bits per heavy atom. The highest BCUT2D eigenvalue weighted by Gasteiger charge is 2.16. The molecule has 0 spiro atoms. The highest BCUT2D eigenvalue weighted by molar-refractivity contribution is 6.33. The number of carbonyl (C=O) groups is 1. The monoisotopic (exact) mass is 279 g/mol. The van der Waals surface area contributed by atoms with E-state index in [1.807, 2.05) is 0 Å². The van der Waals surface area contributed by atoms with E-state index in [1.54, 1.807) is 43.6 Å². The molecule has 1 atom stereocenters. The first-order chi connectivity index (χ1) is 9.10. The molecule has 1 amide bonds. The van der Waals surface area contributed by atoms with Gasteiger partial charge in [0.25, 0.3) is 0 Å². The molecular weight excluding hydrogens is 266 g/mol. The largest absolute Gasteiger partial charge is 0.458 e. The molecule has 5 nitrogen and oxygen atoms in total. The maximum Gasteiger partial charge on any atom is 0.246 e. The number of ether oxygens (including phenoxy) is 1. The van der Waals surface area contributed by atoms with Crippen LogP contribution in [0, 0.1) is 0 Å². The third-order valence-corrected chi connectivity index (χ3v) is 2.92. The Hall–Kier alpha value is -2.14. The Bertz CT molecular complexity index is 555. The normalized spacial score (nSPS) is 17.4. The summed E-state index contributed by atoms with van der Waals surface area (Å²) in [4.78, 5) is 11.5. The predicted octanol–water partition coefficient (Wildman–Crippen LogP) is 1.42. The molecule has 6 heteroatoms. The second-order valence-electron chi connectivity index (χ2n) is 3.95. The van der Waals surface area contributed by atoms with Gasteiger partial charge >= 0.3 is 0 Å². The van der Waals surface area contributed by atoms with Crippen LogP contribution in [0.15, 0.2) is 42.3 Å². The summed E-state index contributed by atoms with van der Waals surface area (Å²) in [6.45, 7) is 0. The average Bonchev–Trinajstić information content (AvgIpc) is 2.42. The van der Waals surface area contributed by atoms with E-state index in [1.165, 1.54) is 0 Å². The van der Waals surface area contributed by atoms with E-state index < -0.39 is 6.04 Å². The number of nitrogens with two attached hydrogens (primary N) is 1. The van der Waals surface area contributed by atoms with Crippen molar-refractivity contribution in [1.29, 1.82) is 0 Å². The Morgan fingerprint density at radius 3 is 3.00 bits per heavy atom. The fourth-order valence-electron chi connectivity index (χ4n) is 1.58. The van der Waals surface area contributed by atoms with Crippen molar-refractivity contribution in [3.05, 3.63) is 47.3 Å². The molecule has 0 bridgehead atoms. The van der Waals surface area contributed by atoms with Gasteiger partial charge < -0.3 is 21.1 Å². The number of dihydropyridines is 1. The second kappa shape index (κ2) is 5.67. The lowest BCUT2D eigenvalue weighted by molar-refractivity contribution is -0.121. The highest BCUT2D eigenvalue weighted by atomic mass is 35.5. The summed E-state index contributed by atoms with van der Waals surface area (Å²) in [5, 5.41) is 5.90. The van der Waals surface area contributed by atoms with Gasteiger partial charge in [0, 0.05) is 19.3 Å². The molecule has 0 saturated carbocycles. The first-order valence-corrected chi connectivity index (χ1v) is 6.07. The maximum atomic E-state index is 11.5. The van der Waals surface area contributed by atoms with Crippen LogP contribution in [-0.2, 0) is 4.79 Å². The van der Waals surface area contributed by atoms with Gasteiger partial charge in [0.1, 0.15) is 17.6 Å². The fraction of sp³-hybridized carbons (Fsp3) is 0.154. The number of anilines is 1. The fourth-order valence-corrected chi connectivity index (χ4v) is 1.75. The van der Waals surface area contributed by atoms with Crippen molar-refractivity contribution in [3.63, 3.8) is 0 Å². The minimum atomic E-state index is -0.450. The summed E-state index contributed by atoms with van der Waals surface area (Å²) in [7, 11) is 1.58. The number of nitrogen functional groups attached to an aromatic ring is 1. The van der Waals surface area contributed by atoms with Gasteiger partial charge in [-0.3, -0.25) is 4.79 Å². The smallest absolute Gasteiger partial charge is 0.246 e. The van der Waals surface area contributed by atoms with Crippen LogP contribution < -0.4 is 21.1 Å². The van der Waals surface area contributed by atoms with Crippen LogP contribution >= 0.6 is 11.6 Å². The molecule has 1 aliphatic rings. The maximum absolute atomic E-state index is 11.5. The summed E-state index contributed by atoms with van der Waals surface area (Å²) in [5.41, 5.74) is 6.12. The third kappa shape index (κ3) is 3.20. The van der Waals surface area contributed by atoms with Gasteiger partial charge in [0.05, 0.1) is 10.7 Å². The Labute approximate surface area is 116 Å². The van der Waals surface area contributed by atoms with Crippen molar-refractivity contribution in [2.24, 2.45) is 0 Å². The molecule has 1 heterocycles. The number of hydrogen-bond donors (Lipinski definition) is 3. The number of benzene rings is 1. The summed E-state index contributed by atoms with van der Waals surface area (Å²) >= 11 is 5.91.